The predicted octanol–water partition coefficient (Wildman–Crippen LogP) is 1.53. The lowest BCUT2D eigenvalue weighted by Gasteiger charge is -2.18. The van der Waals surface area contributed by atoms with Crippen molar-refractivity contribution in [3.63, 3.8) is 0 Å². The third kappa shape index (κ3) is 4.17. The smallest absolute Gasteiger partial charge is 0.226 e. The molecule has 17 heavy (non-hydrogen) atoms. The van der Waals surface area contributed by atoms with E-state index in [1.165, 1.54) is 0 Å². The molecule has 0 atom stereocenters. The van der Waals surface area contributed by atoms with Gasteiger partial charge in [0.05, 0.1) is 0 Å². The van der Waals surface area contributed by atoms with E-state index in [9.17, 15) is 4.79 Å². The summed E-state index contributed by atoms with van der Waals surface area (Å²) in [4.78, 5) is 13.5. The summed E-state index contributed by atoms with van der Waals surface area (Å²) in [6.45, 7) is 1.10. The first-order chi connectivity index (χ1) is 8.19. The topological polar surface area (TPSA) is 55.6 Å². The molecule has 0 bridgehead atoms. The van der Waals surface area contributed by atoms with Crippen LogP contribution in [0.25, 0.3) is 0 Å². The minimum absolute atomic E-state index is 0.0937. The first-order valence-electron chi connectivity index (χ1n) is 5.73. The van der Waals surface area contributed by atoms with E-state index in [0.717, 1.165) is 17.7 Å². The van der Waals surface area contributed by atoms with Crippen molar-refractivity contribution in [1.82, 2.24) is 0 Å². The molecule has 4 heteroatoms. The SMILES string of the molecule is COCCCC(=O)N(C)c1cccc(CN)c1. The van der Waals surface area contributed by atoms with Crippen molar-refractivity contribution in [1.29, 1.82) is 0 Å². The zero-order chi connectivity index (χ0) is 12.7. The zero-order valence-corrected chi connectivity index (χ0v) is 10.5. The Labute approximate surface area is 102 Å². The highest BCUT2D eigenvalue weighted by atomic mass is 16.5. The number of hydrogen-bond acceptors (Lipinski definition) is 3. The van der Waals surface area contributed by atoms with Gasteiger partial charge in [0, 0.05) is 39.4 Å². The van der Waals surface area contributed by atoms with Crippen molar-refractivity contribution in [2.45, 2.75) is 19.4 Å². The van der Waals surface area contributed by atoms with Crippen LogP contribution in [-0.4, -0.2) is 26.7 Å². The van der Waals surface area contributed by atoms with Crippen molar-refractivity contribution >= 4 is 11.6 Å². The van der Waals surface area contributed by atoms with Crippen LogP contribution in [0.2, 0.25) is 0 Å². The Morgan fingerprint density at radius 1 is 1.47 bits per heavy atom. The number of nitrogens with two attached hydrogens (primary N) is 1. The van der Waals surface area contributed by atoms with Gasteiger partial charge in [-0.3, -0.25) is 4.79 Å². The van der Waals surface area contributed by atoms with Gasteiger partial charge < -0.3 is 15.4 Å². The number of nitrogens with zero attached hydrogens (tertiary/aromatic N) is 1. The molecule has 1 rings (SSSR count). The Balaban J connectivity index is 2.61. The van der Waals surface area contributed by atoms with Gasteiger partial charge in [0.15, 0.2) is 0 Å². The Kier molecular flexibility index (Phi) is 5.66. The van der Waals surface area contributed by atoms with Gasteiger partial charge in [0.25, 0.3) is 0 Å². The van der Waals surface area contributed by atoms with Gasteiger partial charge in [0.1, 0.15) is 0 Å². The molecule has 1 aromatic rings. The maximum absolute atomic E-state index is 11.9. The van der Waals surface area contributed by atoms with E-state index in [0.29, 0.717) is 19.6 Å². The summed E-state index contributed by atoms with van der Waals surface area (Å²) < 4.78 is 4.93. The number of rotatable bonds is 6. The lowest BCUT2D eigenvalue weighted by Crippen LogP contribution is -2.26. The minimum Gasteiger partial charge on any atom is -0.385 e. The van der Waals surface area contributed by atoms with Crippen molar-refractivity contribution in [2.24, 2.45) is 5.73 Å². The third-order valence-electron chi connectivity index (χ3n) is 2.65. The summed E-state index contributed by atoms with van der Waals surface area (Å²) >= 11 is 0. The average Bonchev–Trinajstić information content (AvgIpc) is 2.38. The van der Waals surface area contributed by atoms with Gasteiger partial charge in [-0.05, 0) is 24.1 Å². The molecule has 0 unspecified atom stereocenters. The Morgan fingerprint density at radius 3 is 2.88 bits per heavy atom. The monoisotopic (exact) mass is 236 g/mol. The van der Waals surface area contributed by atoms with Crippen LogP contribution >= 0.6 is 0 Å². The lowest BCUT2D eigenvalue weighted by atomic mass is 10.2. The zero-order valence-electron chi connectivity index (χ0n) is 10.5. The molecule has 0 fully saturated rings. The maximum Gasteiger partial charge on any atom is 0.226 e. The Hall–Kier alpha value is -1.39. The normalized spacial score (nSPS) is 10.3. The van der Waals surface area contributed by atoms with Gasteiger partial charge >= 0.3 is 0 Å². The fraction of sp³-hybridized carbons (Fsp3) is 0.462. The predicted molar refractivity (Wildman–Crippen MR) is 68.9 cm³/mol. The average molecular weight is 236 g/mol. The van der Waals surface area contributed by atoms with Crippen LogP contribution in [-0.2, 0) is 16.1 Å². The molecule has 1 amide bonds. The summed E-state index contributed by atoms with van der Waals surface area (Å²) in [5, 5.41) is 0. The van der Waals surface area contributed by atoms with Crippen LogP contribution in [0.4, 0.5) is 5.69 Å². The number of carbonyl (C=O) groups is 1. The lowest BCUT2D eigenvalue weighted by molar-refractivity contribution is -0.118. The van der Waals surface area contributed by atoms with Gasteiger partial charge in [0.2, 0.25) is 5.91 Å². The summed E-state index contributed by atoms with van der Waals surface area (Å²) in [5.74, 6) is 0.0937. The highest BCUT2D eigenvalue weighted by molar-refractivity contribution is 5.92. The fourth-order valence-electron chi connectivity index (χ4n) is 1.57. The number of hydrogen-bond donors (Lipinski definition) is 1. The van der Waals surface area contributed by atoms with Crippen LogP contribution in [0.5, 0.6) is 0 Å². The number of ether oxygens (including phenoxy) is 1. The Bertz CT molecular complexity index is 366. The van der Waals surface area contributed by atoms with E-state index in [4.69, 9.17) is 10.5 Å². The van der Waals surface area contributed by atoms with E-state index in [2.05, 4.69) is 0 Å². The molecule has 0 saturated heterocycles. The minimum atomic E-state index is 0.0937. The quantitative estimate of drug-likeness (QED) is 0.762. The van der Waals surface area contributed by atoms with Gasteiger partial charge in [-0.1, -0.05) is 12.1 Å². The standard InChI is InChI=1S/C13H20N2O2/c1-15(13(16)7-4-8-17-2)12-6-3-5-11(9-12)10-14/h3,5-6,9H,4,7-8,10,14H2,1-2H3. The molecule has 4 nitrogen and oxygen atoms in total. The summed E-state index contributed by atoms with van der Waals surface area (Å²) in [5.41, 5.74) is 7.48. The van der Waals surface area contributed by atoms with Crippen LogP contribution in [0, 0.1) is 0 Å². The summed E-state index contributed by atoms with van der Waals surface area (Å²) in [6.07, 6.45) is 1.24. The van der Waals surface area contributed by atoms with Gasteiger partial charge in [-0.2, -0.15) is 0 Å². The molecule has 0 aliphatic rings. The Morgan fingerprint density at radius 2 is 2.24 bits per heavy atom. The van der Waals surface area contributed by atoms with E-state index in [-0.39, 0.29) is 5.91 Å². The number of carbonyl (C=O) groups excluding carboxylic acids is 1. The van der Waals surface area contributed by atoms with Crippen LogP contribution in [0.15, 0.2) is 24.3 Å². The molecule has 2 N–H and O–H groups in total. The molecule has 0 aromatic heterocycles. The molecule has 1 aromatic carbocycles. The second kappa shape index (κ2) is 7.04. The fourth-order valence-corrected chi connectivity index (χ4v) is 1.57. The van der Waals surface area contributed by atoms with Crippen LogP contribution in [0.3, 0.4) is 0 Å². The van der Waals surface area contributed by atoms with Gasteiger partial charge in [-0.25, -0.2) is 0 Å². The summed E-state index contributed by atoms with van der Waals surface area (Å²) in [7, 11) is 3.42. The van der Waals surface area contributed by atoms with Crippen molar-refractivity contribution in [3.8, 4) is 0 Å². The number of anilines is 1. The summed E-state index contributed by atoms with van der Waals surface area (Å²) in [6, 6.07) is 7.71. The molecular weight excluding hydrogens is 216 g/mol. The molecule has 0 aliphatic heterocycles. The van der Waals surface area contributed by atoms with Gasteiger partial charge in [-0.15, -0.1) is 0 Å². The second-order valence-corrected chi connectivity index (χ2v) is 3.92. The van der Waals surface area contributed by atoms with Crippen molar-refractivity contribution in [2.75, 3.05) is 25.7 Å². The second-order valence-electron chi connectivity index (χ2n) is 3.92. The van der Waals surface area contributed by atoms with E-state index in [1.54, 1.807) is 19.1 Å². The van der Waals surface area contributed by atoms with Crippen LogP contribution < -0.4 is 10.6 Å². The molecule has 0 saturated carbocycles. The van der Waals surface area contributed by atoms with E-state index >= 15 is 0 Å². The van der Waals surface area contributed by atoms with Crippen molar-refractivity contribution in [3.05, 3.63) is 29.8 Å². The molecule has 94 valence electrons. The number of methoxy groups -OCH3 is 1. The number of benzene rings is 1. The number of amides is 1. The first-order valence-corrected chi connectivity index (χ1v) is 5.73. The third-order valence-corrected chi connectivity index (χ3v) is 2.65. The van der Waals surface area contributed by atoms with Crippen LogP contribution in [0.1, 0.15) is 18.4 Å². The first kappa shape index (κ1) is 13.7. The molecule has 0 spiro atoms. The largest absolute Gasteiger partial charge is 0.385 e. The maximum atomic E-state index is 11.9. The van der Waals surface area contributed by atoms with E-state index in [1.807, 2.05) is 24.3 Å². The molecule has 0 heterocycles. The van der Waals surface area contributed by atoms with E-state index < -0.39 is 0 Å². The van der Waals surface area contributed by atoms with Crippen molar-refractivity contribution < 1.29 is 9.53 Å². The highest BCUT2D eigenvalue weighted by Crippen LogP contribution is 2.15. The highest BCUT2D eigenvalue weighted by Gasteiger charge is 2.10. The molecule has 0 radical (unpaired) electrons. The molecule has 0 aliphatic carbocycles. The molecular formula is C13H20N2O2.